The van der Waals surface area contributed by atoms with Crippen molar-refractivity contribution in [2.24, 2.45) is 5.11 Å². The minimum atomic E-state index is -0.152. The maximum atomic E-state index is 8.31. The molecule has 0 aliphatic carbocycles. The average molecular weight is 748 g/mol. The Morgan fingerprint density at radius 3 is 1.81 bits per heavy atom. The lowest BCUT2D eigenvalue weighted by Crippen LogP contribution is -2.41. The Morgan fingerprint density at radius 2 is 1.19 bits per heavy atom. The fourth-order valence-electron chi connectivity index (χ4n) is 7.03. The van der Waals surface area contributed by atoms with E-state index in [4.69, 9.17) is 38.7 Å². The van der Waals surface area contributed by atoms with Gasteiger partial charge < -0.3 is 43.0 Å². The molecule has 2 aromatic rings. The summed E-state index contributed by atoms with van der Waals surface area (Å²) in [7, 11) is 1.66. The summed E-state index contributed by atoms with van der Waals surface area (Å²) in [4.78, 5) is 7.55. The van der Waals surface area contributed by atoms with Crippen LogP contribution in [0.1, 0.15) is 38.8 Å². The number of azide groups is 1. The zero-order chi connectivity index (χ0) is 38.5. The molecule has 0 bridgehead atoms. The van der Waals surface area contributed by atoms with Crippen molar-refractivity contribution in [3.8, 4) is 0 Å². The Kier molecular flexibility index (Phi) is 18.5. The molecule has 0 spiro atoms. The van der Waals surface area contributed by atoms with Crippen LogP contribution in [0.5, 0.6) is 0 Å². The minimum absolute atomic E-state index is 0.0654. The summed E-state index contributed by atoms with van der Waals surface area (Å²) in [5.74, 6) is 0. The third kappa shape index (κ3) is 12.4. The number of anilines is 2. The first-order chi connectivity index (χ1) is 26.3. The van der Waals surface area contributed by atoms with Crippen LogP contribution in [-0.4, -0.2) is 119 Å². The maximum Gasteiger partial charge on any atom is 0.0701 e. The predicted molar refractivity (Wildman–Crippen MR) is 215 cm³/mol. The number of hydrogen-bond donors (Lipinski definition) is 0. The molecule has 0 fully saturated rings. The molecule has 2 heterocycles. The van der Waals surface area contributed by atoms with Crippen LogP contribution < -0.4 is 9.80 Å². The van der Waals surface area contributed by atoms with Crippen LogP contribution in [-0.2, 0) is 44.0 Å². The lowest BCUT2D eigenvalue weighted by atomic mass is 9.80. The highest BCUT2D eigenvalue weighted by Gasteiger charge is 2.43. The van der Waals surface area contributed by atoms with Crippen LogP contribution in [0, 0.1) is 0 Å². The number of methoxy groups -OCH3 is 1. The van der Waals surface area contributed by atoms with Crippen LogP contribution in [0.25, 0.3) is 10.4 Å². The molecule has 296 valence electrons. The zero-order valence-electron chi connectivity index (χ0n) is 33.0. The molecule has 0 aromatic heterocycles. The van der Waals surface area contributed by atoms with E-state index in [2.05, 4.69) is 126 Å². The minimum Gasteiger partial charge on any atom is -0.382 e. The smallest absolute Gasteiger partial charge is 0.0701 e. The summed E-state index contributed by atoms with van der Waals surface area (Å²) < 4.78 is 39.0. The number of rotatable bonds is 27. The van der Waals surface area contributed by atoms with E-state index in [9.17, 15) is 0 Å². The van der Waals surface area contributed by atoms with E-state index >= 15 is 0 Å². The first kappa shape index (κ1) is 43.0. The standard InChI is InChI=1S/C42H61N5O7/c1-41(2)35-13-9-11-15-37(35)46(20-23-50-28-31-53-30-27-49-22-19-44-45-43)39(41)17-7-6-8-18-40-42(3,4)36-14-10-12-16-38(36)47(40)21-24-51-29-32-54-34-33-52-26-25-48-5/h6-18,40H,19-34H2,1-5H3/b7-6+,18-8+,39-17+. The Balaban J connectivity index is 1.30. The lowest BCUT2D eigenvalue weighted by molar-refractivity contribution is 0.00447. The molecule has 0 saturated carbocycles. The van der Waals surface area contributed by atoms with Gasteiger partial charge in [-0.25, -0.2) is 0 Å². The molecule has 1 atom stereocenters. The zero-order valence-corrected chi connectivity index (χ0v) is 33.0. The fourth-order valence-corrected chi connectivity index (χ4v) is 7.03. The van der Waals surface area contributed by atoms with Gasteiger partial charge in [0.25, 0.3) is 0 Å². The number of para-hydroxylation sites is 2. The van der Waals surface area contributed by atoms with Crippen molar-refractivity contribution in [2.45, 2.75) is 44.6 Å². The van der Waals surface area contributed by atoms with Gasteiger partial charge in [-0.15, -0.1) is 0 Å². The Hall–Kier alpha value is -3.71. The quantitative estimate of drug-likeness (QED) is 0.0313. The van der Waals surface area contributed by atoms with E-state index in [1.807, 2.05) is 0 Å². The van der Waals surface area contributed by atoms with Gasteiger partial charge in [0, 0.05) is 59.6 Å². The first-order valence-corrected chi connectivity index (χ1v) is 19.1. The predicted octanol–water partition coefficient (Wildman–Crippen LogP) is 7.00. The second-order valence-corrected chi connectivity index (χ2v) is 14.1. The molecule has 4 rings (SSSR count). The van der Waals surface area contributed by atoms with Crippen LogP contribution in [0.3, 0.4) is 0 Å². The number of hydrogen-bond acceptors (Lipinski definition) is 10. The summed E-state index contributed by atoms with van der Waals surface area (Å²) in [5, 5.41) is 3.45. The second kappa shape index (κ2) is 23.3. The molecule has 2 aliphatic heterocycles. The van der Waals surface area contributed by atoms with Crippen molar-refractivity contribution in [3.63, 3.8) is 0 Å². The summed E-state index contributed by atoms with van der Waals surface area (Å²) in [6.45, 7) is 18.0. The van der Waals surface area contributed by atoms with E-state index in [0.29, 0.717) is 92.4 Å². The van der Waals surface area contributed by atoms with Gasteiger partial charge in [-0.05, 0) is 34.9 Å². The van der Waals surface area contributed by atoms with Crippen LogP contribution >= 0.6 is 0 Å². The highest BCUT2D eigenvalue weighted by atomic mass is 16.6. The van der Waals surface area contributed by atoms with E-state index in [1.165, 1.54) is 28.2 Å². The Labute approximate surface area is 322 Å². The topological polar surface area (TPSA) is 120 Å². The van der Waals surface area contributed by atoms with Gasteiger partial charge in [0.05, 0.1) is 91.9 Å². The number of nitrogens with zero attached hydrogens (tertiary/aromatic N) is 5. The molecular weight excluding hydrogens is 686 g/mol. The van der Waals surface area contributed by atoms with Crippen LogP contribution in [0.4, 0.5) is 11.4 Å². The molecule has 12 heteroatoms. The van der Waals surface area contributed by atoms with Gasteiger partial charge in [0.1, 0.15) is 0 Å². The van der Waals surface area contributed by atoms with Gasteiger partial charge in [-0.3, -0.25) is 0 Å². The monoisotopic (exact) mass is 747 g/mol. The lowest BCUT2D eigenvalue weighted by Gasteiger charge is -2.32. The Morgan fingerprint density at radius 1 is 0.648 bits per heavy atom. The van der Waals surface area contributed by atoms with Crippen molar-refractivity contribution in [2.75, 3.05) is 122 Å². The van der Waals surface area contributed by atoms with E-state index < -0.39 is 0 Å². The molecule has 1 unspecified atom stereocenters. The SMILES string of the molecule is COCCOCCOCCOCCN1c2ccccc2C(C)(C)C1/C=C/C=C/C=C1/N(CCOCCOCCOCCN=[N+]=[N-])c2ccccc2C1(C)C. The molecule has 0 N–H and O–H groups in total. The molecule has 2 aromatic carbocycles. The van der Waals surface area contributed by atoms with Gasteiger partial charge in [0.2, 0.25) is 0 Å². The first-order valence-electron chi connectivity index (χ1n) is 19.1. The molecule has 0 saturated heterocycles. The number of fused-ring (bicyclic) bond motifs is 2. The largest absolute Gasteiger partial charge is 0.382 e. The second-order valence-electron chi connectivity index (χ2n) is 14.1. The molecular formula is C42H61N5O7. The van der Waals surface area contributed by atoms with Gasteiger partial charge in [-0.2, -0.15) is 0 Å². The van der Waals surface area contributed by atoms with Crippen molar-refractivity contribution in [1.82, 2.24) is 0 Å². The van der Waals surface area contributed by atoms with Crippen molar-refractivity contribution in [3.05, 3.63) is 106 Å². The highest BCUT2D eigenvalue weighted by molar-refractivity contribution is 5.71. The Bertz CT molecular complexity index is 1540. The number of allylic oxidation sites excluding steroid dienone is 5. The molecule has 2 aliphatic rings. The average Bonchev–Trinajstić information content (AvgIpc) is 3.52. The van der Waals surface area contributed by atoms with Crippen LogP contribution in [0.15, 0.2) is 89.7 Å². The van der Waals surface area contributed by atoms with E-state index in [1.54, 1.807) is 7.11 Å². The van der Waals surface area contributed by atoms with E-state index in [-0.39, 0.29) is 16.9 Å². The molecule has 0 amide bonds. The molecule has 0 radical (unpaired) electrons. The van der Waals surface area contributed by atoms with Crippen molar-refractivity contribution in [1.29, 1.82) is 0 Å². The third-order valence-electron chi connectivity index (χ3n) is 9.81. The third-order valence-corrected chi connectivity index (χ3v) is 9.81. The summed E-state index contributed by atoms with van der Waals surface area (Å²) in [6, 6.07) is 17.5. The summed E-state index contributed by atoms with van der Waals surface area (Å²) in [5.41, 5.74) is 14.5. The normalized spacial score (nSPS) is 17.9. The van der Waals surface area contributed by atoms with E-state index in [0.717, 1.165) is 13.1 Å². The van der Waals surface area contributed by atoms with Gasteiger partial charge in [0.15, 0.2) is 0 Å². The maximum absolute atomic E-state index is 8.31. The van der Waals surface area contributed by atoms with Gasteiger partial charge >= 0.3 is 0 Å². The van der Waals surface area contributed by atoms with Crippen molar-refractivity contribution >= 4 is 11.4 Å². The number of benzene rings is 2. The van der Waals surface area contributed by atoms with Crippen LogP contribution in [0.2, 0.25) is 0 Å². The highest BCUT2D eigenvalue weighted by Crippen LogP contribution is 2.48. The molecule has 12 nitrogen and oxygen atoms in total. The number of ether oxygens (including phenoxy) is 7. The fraction of sp³-hybridized carbons (Fsp3) is 0.571. The molecule has 54 heavy (non-hydrogen) atoms. The summed E-state index contributed by atoms with van der Waals surface area (Å²) >= 11 is 0. The van der Waals surface area contributed by atoms with Gasteiger partial charge in [-0.1, -0.05) is 93.5 Å². The van der Waals surface area contributed by atoms with Crippen molar-refractivity contribution < 1.29 is 33.2 Å². The summed E-state index contributed by atoms with van der Waals surface area (Å²) in [6.07, 6.45) is 11.0.